The molecule has 5 heteroatoms. The van der Waals surface area contributed by atoms with E-state index in [1.807, 2.05) is 54.7 Å². The quantitative estimate of drug-likeness (QED) is 0.689. The largest absolute Gasteiger partial charge is 0.326 e. The van der Waals surface area contributed by atoms with Crippen LogP contribution in [0, 0.1) is 5.92 Å². The first-order chi connectivity index (χ1) is 14.3. The van der Waals surface area contributed by atoms with E-state index in [-0.39, 0.29) is 11.8 Å². The van der Waals surface area contributed by atoms with Crippen LogP contribution in [0.4, 0.5) is 5.69 Å². The molecule has 1 amide bonds. The van der Waals surface area contributed by atoms with Crippen molar-refractivity contribution in [3.8, 4) is 5.69 Å². The van der Waals surface area contributed by atoms with E-state index in [1.165, 1.54) is 5.56 Å². The molecule has 0 bridgehead atoms. The number of anilines is 1. The lowest BCUT2D eigenvalue weighted by Crippen LogP contribution is -2.40. The summed E-state index contributed by atoms with van der Waals surface area (Å²) in [6, 6.07) is 20.0. The Balaban J connectivity index is 1.33. The van der Waals surface area contributed by atoms with Crippen LogP contribution < -0.4 is 5.32 Å². The molecule has 3 aromatic rings. The van der Waals surface area contributed by atoms with Crippen molar-refractivity contribution >= 4 is 17.7 Å². The maximum atomic E-state index is 12.8. The maximum absolute atomic E-state index is 12.8. The fourth-order valence-corrected chi connectivity index (χ4v) is 3.73. The van der Waals surface area contributed by atoms with Gasteiger partial charge in [-0.15, -0.1) is 0 Å². The van der Waals surface area contributed by atoms with Gasteiger partial charge in [0.15, 0.2) is 0 Å². The molecule has 4 rings (SSSR count). The Labute approximate surface area is 171 Å². The third-order valence-electron chi connectivity index (χ3n) is 5.23. The van der Waals surface area contributed by atoms with Crippen molar-refractivity contribution in [2.24, 2.45) is 5.92 Å². The minimum atomic E-state index is 0.0160. The summed E-state index contributed by atoms with van der Waals surface area (Å²) in [7, 11) is 0. The highest BCUT2D eigenvalue weighted by molar-refractivity contribution is 5.93. The van der Waals surface area contributed by atoms with Crippen LogP contribution >= 0.6 is 0 Å². The number of rotatable bonds is 6. The van der Waals surface area contributed by atoms with Gasteiger partial charge in [0.1, 0.15) is 0 Å². The van der Waals surface area contributed by atoms with Gasteiger partial charge in [-0.05, 0) is 49.2 Å². The Kier molecular flexibility index (Phi) is 6.17. The number of piperidine rings is 1. The molecule has 1 saturated heterocycles. The molecular formula is C24H26N4O. The zero-order valence-corrected chi connectivity index (χ0v) is 16.4. The van der Waals surface area contributed by atoms with Gasteiger partial charge >= 0.3 is 0 Å². The normalized spacial score (nSPS) is 17.4. The molecule has 1 aliphatic rings. The zero-order chi connectivity index (χ0) is 19.9. The van der Waals surface area contributed by atoms with Crippen LogP contribution in [0.3, 0.4) is 0 Å². The number of hydrogen-bond donors (Lipinski definition) is 1. The molecule has 1 unspecified atom stereocenters. The van der Waals surface area contributed by atoms with Crippen molar-refractivity contribution in [1.29, 1.82) is 0 Å². The topological polar surface area (TPSA) is 50.2 Å². The fraction of sp³-hybridized carbons (Fsp3) is 0.250. The van der Waals surface area contributed by atoms with Gasteiger partial charge in [0, 0.05) is 31.2 Å². The second-order valence-corrected chi connectivity index (χ2v) is 7.40. The number of benzene rings is 2. The number of nitrogens with zero attached hydrogens (tertiary/aromatic N) is 3. The molecule has 0 radical (unpaired) electrons. The average molecular weight is 386 g/mol. The van der Waals surface area contributed by atoms with Crippen LogP contribution in [0.25, 0.3) is 11.8 Å². The molecule has 5 nitrogen and oxygen atoms in total. The van der Waals surface area contributed by atoms with Crippen molar-refractivity contribution < 1.29 is 4.79 Å². The van der Waals surface area contributed by atoms with Crippen LogP contribution in [0.5, 0.6) is 0 Å². The first-order valence-electron chi connectivity index (χ1n) is 10.1. The lowest BCUT2D eigenvalue weighted by atomic mass is 9.97. The van der Waals surface area contributed by atoms with Crippen LogP contribution in [0.1, 0.15) is 18.4 Å². The van der Waals surface area contributed by atoms with Crippen molar-refractivity contribution in [3.05, 3.63) is 84.7 Å². The maximum Gasteiger partial charge on any atom is 0.228 e. The molecule has 1 fully saturated rings. The van der Waals surface area contributed by atoms with Crippen molar-refractivity contribution in [2.75, 3.05) is 25.0 Å². The Morgan fingerprint density at radius 1 is 1.14 bits per heavy atom. The highest BCUT2D eigenvalue weighted by Crippen LogP contribution is 2.20. The van der Waals surface area contributed by atoms with E-state index >= 15 is 0 Å². The number of carbonyl (C=O) groups excluding carboxylic acids is 1. The summed E-state index contributed by atoms with van der Waals surface area (Å²) in [6.07, 6.45) is 9.94. The Bertz CT molecular complexity index is 950. The third kappa shape index (κ3) is 5.21. The SMILES string of the molecule is O=C(Nc1cccc(-n2cccn2)c1)C1CCCN(CC=Cc2ccccc2)C1. The molecule has 148 valence electrons. The summed E-state index contributed by atoms with van der Waals surface area (Å²) >= 11 is 0. The fourth-order valence-electron chi connectivity index (χ4n) is 3.73. The summed E-state index contributed by atoms with van der Waals surface area (Å²) in [4.78, 5) is 15.2. The number of likely N-dealkylation sites (tertiary alicyclic amines) is 1. The van der Waals surface area contributed by atoms with Gasteiger partial charge in [-0.1, -0.05) is 48.6 Å². The number of hydrogen-bond acceptors (Lipinski definition) is 3. The van der Waals surface area contributed by atoms with Crippen molar-refractivity contribution in [1.82, 2.24) is 14.7 Å². The molecule has 1 aliphatic heterocycles. The molecule has 0 spiro atoms. The van der Waals surface area contributed by atoms with E-state index in [1.54, 1.807) is 10.9 Å². The number of aromatic nitrogens is 2. The van der Waals surface area contributed by atoms with E-state index in [0.29, 0.717) is 0 Å². The van der Waals surface area contributed by atoms with Crippen molar-refractivity contribution in [2.45, 2.75) is 12.8 Å². The van der Waals surface area contributed by atoms with Gasteiger partial charge < -0.3 is 5.32 Å². The average Bonchev–Trinajstić information content (AvgIpc) is 3.30. The standard InChI is InChI=1S/C24H26N4O/c29-24(26-22-12-4-13-23(18-22)28-17-7-14-25-28)21-11-6-16-27(19-21)15-5-10-20-8-2-1-3-9-20/h1-5,7-10,12-14,17-18,21H,6,11,15-16,19H2,(H,26,29). The monoisotopic (exact) mass is 386 g/mol. The van der Waals surface area contributed by atoms with Crippen LogP contribution in [0.15, 0.2) is 79.1 Å². The molecular weight excluding hydrogens is 360 g/mol. The smallest absolute Gasteiger partial charge is 0.228 e. The van der Waals surface area contributed by atoms with Gasteiger partial charge in [0.2, 0.25) is 5.91 Å². The molecule has 1 aromatic heterocycles. The summed E-state index contributed by atoms with van der Waals surface area (Å²) in [6.45, 7) is 2.70. The number of carbonyl (C=O) groups is 1. The van der Waals surface area contributed by atoms with E-state index in [0.717, 1.165) is 43.9 Å². The third-order valence-corrected chi connectivity index (χ3v) is 5.23. The summed E-state index contributed by atoms with van der Waals surface area (Å²) < 4.78 is 1.79. The molecule has 2 heterocycles. The highest BCUT2D eigenvalue weighted by atomic mass is 16.1. The van der Waals surface area contributed by atoms with Gasteiger partial charge in [0.05, 0.1) is 11.6 Å². The van der Waals surface area contributed by atoms with Gasteiger partial charge in [0.25, 0.3) is 0 Å². The summed E-state index contributed by atoms with van der Waals surface area (Å²) in [5, 5.41) is 7.34. The van der Waals surface area contributed by atoms with Crippen molar-refractivity contribution in [3.63, 3.8) is 0 Å². The first kappa shape index (κ1) is 19.2. The van der Waals surface area contributed by atoms with Gasteiger partial charge in [-0.3, -0.25) is 9.69 Å². The van der Waals surface area contributed by atoms with Crippen LogP contribution in [0.2, 0.25) is 0 Å². The molecule has 29 heavy (non-hydrogen) atoms. The van der Waals surface area contributed by atoms with E-state index in [9.17, 15) is 4.79 Å². The number of nitrogens with one attached hydrogen (secondary N) is 1. The second-order valence-electron chi connectivity index (χ2n) is 7.40. The minimum Gasteiger partial charge on any atom is -0.326 e. The molecule has 0 aliphatic carbocycles. The molecule has 1 N–H and O–H groups in total. The Morgan fingerprint density at radius 2 is 2.03 bits per heavy atom. The molecule has 2 aromatic carbocycles. The van der Waals surface area contributed by atoms with Crippen LogP contribution in [-0.2, 0) is 4.79 Å². The van der Waals surface area contributed by atoms with E-state index in [4.69, 9.17) is 0 Å². The Hall–Kier alpha value is -3.18. The van der Waals surface area contributed by atoms with Crippen LogP contribution in [-0.4, -0.2) is 40.2 Å². The zero-order valence-electron chi connectivity index (χ0n) is 16.4. The van der Waals surface area contributed by atoms with E-state index < -0.39 is 0 Å². The minimum absolute atomic E-state index is 0.0160. The Morgan fingerprint density at radius 3 is 2.86 bits per heavy atom. The summed E-state index contributed by atoms with van der Waals surface area (Å²) in [5.41, 5.74) is 2.95. The molecule has 1 atom stereocenters. The first-order valence-corrected chi connectivity index (χ1v) is 10.1. The highest BCUT2D eigenvalue weighted by Gasteiger charge is 2.25. The second kappa shape index (κ2) is 9.34. The lowest BCUT2D eigenvalue weighted by molar-refractivity contribution is -0.121. The van der Waals surface area contributed by atoms with Gasteiger partial charge in [-0.25, -0.2) is 4.68 Å². The predicted octanol–water partition coefficient (Wildman–Crippen LogP) is 4.24. The lowest BCUT2D eigenvalue weighted by Gasteiger charge is -2.31. The van der Waals surface area contributed by atoms with Gasteiger partial charge in [-0.2, -0.15) is 5.10 Å². The van der Waals surface area contributed by atoms with E-state index in [2.05, 4.69) is 39.6 Å². The number of amides is 1. The molecule has 0 saturated carbocycles. The predicted molar refractivity (Wildman–Crippen MR) is 117 cm³/mol. The summed E-state index contributed by atoms with van der Waals surface area (Å²) in [5.74, 6) is 0.113.